The molecule has 3 atom stereocenters. The molecular weight excluding hydrogens is 394 g/mol. The molecule has 2 aliphatic rings. The summed E-state index contributed by atoms with van der Waals surface area (Å²) in [6, 6.07) is 7.14. The van der Waals surface area contributed by atoms with Crippen LogP contribution >= 0.6 is 0 Å². The van der Waals surface area contributed by atoms with Crippen LogP contribution in [0.15, 0.2) is 36.4 Å². The molecule has 31 heavy (non-hydrogen) atoms. The minimum atomic E-state index is -0.662. The van der Waals surface area contributed by atoms with Crippen LogP contribution < -0.4 is 5.32 Å². The molecule has 7 heteroatoms. The summed E-state index contributed by atoms with van der Waals surface area (Å²) in [7, 11) is 0. The Morgan fingerprint density at radius 3 is 2.23 bits per heavy atom. The highest BCUT2D eigenvalue weighted by atomic mass is 16.2. The van der Waals surface area contributed by atoms with E-state index in [4.69, 9.17) is 0 Å². The van der Waals surface area contributed by atoms with Crippen molar-refractivity contribution in [3.63, 3.8) is 0 Å². The Labute approximate surface area is 183 Å². The van der Waals surface area contributed by atoms with E-state index >= 15 is 0 Å². The minimum Gasteiger partial charge on any atom is -0.355 e. The molecule has 1 heterocycles. The van der Waals surface area contributed by atoms with Gasteiger partial charge in [-0.1, -0.05) is 42.0 Å². The van der Waals surface area contributed by atoms with Gasteiger partial charge in [-0.15, -0.1) is 0 Å². The van der Waals surface area contributed by atoms with Gasteiger partial charge in [0.1, 0.15) is 6.04 Å². The smallest absolute Gasteiger partial charge is 0.242 e. The van der Waals surface area contributed by atoms with E-state index in [9.17, 15) is 19.2 Å². The molecule has 1 aliphatic carbocycles. The minimum absolute atomic E-state index is 0.0000447. The van der Waals surface area contributed by atoms with E-state index in [-0.39, 0.29) is 55.0 Å². The van der Waals surface area contributed by atoms with Crippen LogP contribution in [0, 0.1) is 18.8 Å². The average molecular weight is 426 g/mol. The third-order valence-corrected chi connectivity index (χ3v) is 6.14. The number of hydrogen-bond acceptors (Lipinski definition) is 4. The van der Waals surface area contributed by atoms with Crippen LogP contribution in [0.3, 0.4) is 0 Å². The Morgan fingerprint density at radius 1 is 1.10 bits per heavy atom. The number of aryl methyl sites for hydroxylation is 1. The van der Waals surface area contributed by atoms with Gasteiger partial charge in [0.25, 0.3) is 0 Å². The van der Waals surface area contributed by atoms with E-state index in [1.807, 2.05) is 50.3 Å². The molecule has 4 amide bonds. The molecule has 166 valence electrons. The number of nitrogens with zero attached hydrogens (tertiary/aromatic N) is 2. The molecule has 1 aromatic rings. The zero-order chi connectivity index (χ0) is 22.5. The molecule has 1 N–H and O–H groups in total. The van der Waals surface area contributed by atoms with E-state index in [0.29, 0.717) is 19.4 Å². The van der Waals surface area contributed by atoms with Gasteiger partial charge in [-0.25, -0.2) is 0 Å². The lowest BCUT2D eigenvalue weighted by Crippen LogP contribution is -2.48. The highest BCUT2D eigenvalue weighted by Gasteiger charge is 2.47. The molecule has 1 saturated heterocycles. The number of allylic oxidation sites excluding steroid dienone is 2. The van der Waals surface area contributed by atoms with Crippen LogP contribution in [0.1, 0.15) is 44.2 Å². The van der Waals surface area contributed by atoms with Gasteiger partial charge >= 0.3 is 0 Å². The zero-order valence-corrected chi connectivity index (χ0v) is 18.5. The molecule has 7 nitrogen and oxygen atoms in total. The van der Waals surface area contributed by atoms with E-state index in [1.165, 1.54) is 9.80 Å². The quantitative estimate of drug-likeness (QED) is 0.511. The van der Waals surface area contributed by atoms with Crippen molar-refractivity contribution in [2.24, 2.45) is 11.8 Å². The first-order valence-electron chi connectivity index (χ1n) is 11.0. The number of imide groups is 1. The Hall–Kier alpha value is -2.96. The summed E-state index contributed by atoms with van der Waals surface area (Å²) in [6.45, 7) is 6.33. The fourth-order valence-electron chi connectivity index (χ4n) is 4.24. The van der Waals surface area contributed by atoms with E-state index < -0.39 is 6.04 Å². The number of likely N-dealkylation sites (tertiary alicyclic amines) is 1. The summed E-state index contributed by atoms with van der Waals surface area (Å²) in [5.74, 6) is -1.46. The number of carbonyl (C=O) groups is 4. The van der Waals surface area contributed by atoms with Crippen molar-refractivity contribution in [3.05, 3.63) is 47.5 Å². The van der Waals surface area contributed by atoms with E-state index in [2.05, 4.69) is 5.32 Å². The van der Waals surface area contributed by atoms with E-state index in [0.717, 1.165) is 11.1 Å². The number of rotatable bonds is 8. The van der Waals surface area contributed by atoms with Crippen molar-refractivity contribution in [1.29, 1.82) is 0 Å². The summed E-state index contributed by atoms with van der Waals surface area (Å²) in [4.78, 5) is 53.7. The lowest BCUT2D eigenvalue weighted by atomic mass is 9.85. The Balaban J connectivity index is 1.70. The fourth-order valence-corrected chi connectivity index (χ4v) is 4.24. The molecule has 0 radical (unpaired) electrons. The number of likely N-dealkylation sites (N-methyl/N-ethyl adjacent to an activating group) is 1. The number of fused-ring (bicyclic) bond motifs is 1. The highest BCUT2D eigenvalue weighted by Crippen LogP contribution is 2.35. The van der Waals surface area contributed by atoms with Gasteiger partial charge in [0.15, 0.2) is 0 Å². The van der Waals surface area contributed by atoms with Gasteiger partial charge in [-0.3, -0.25) is 24.1 Å². The second-order valence-corrected chi connectivity index (χ2v) is 8.31. The molecule has 0 unspecified atom stereocenters. The fraction of sp³-hybridized carbons (Fsp3) is 0.500. The van der Waals surface area contributed by atoms with Gasteiger partial charge in [-0.2, -0.15) is 0 Å². The van der Waals surface area contributed by atoms with E-state index in [1.54, 1.807) is 6.92 Å². The maximum Gasteiger partial charge on any atom is 0.242 e. The molecule has 0 spiro atoms. The topological polar surface area (TPSA) is 86.8 Å². The van der Waals surface area contributed by atoms with Crippen LogP contribution in [-0.4, -0.2) is 52.6 Å². The Kier molecular flexibility index (Phi) is 7.25. The molecule has 0 aromatic heterocycles. The Morgan fingerprint density at radius 2 is 1.68 bits per heavy atom. The summed E-state index contributed by atoms with van der Waals surface area (Å²) >= 11 is 0. The zero-order valence-electron chi connectivity index (χ0n) is 18.5. The molecule has 1 aromatic carbocycles. The monoisotopic (exact) mass is 425 g/mol. The predicted octanol–water partition coefficient (Wildman–Crippen LogP) is 2.19. The number of benzene rings is 1. The lowest BCUT2D eigenvalue weighted by Gasteiger charge is -2.29. The summed E-state index contributed by atoms with van der Waals surface area (Å²) in [6.07, 6.45) is 5.04. The number of carbonyl (C=O) groups excluding carboxylic acids is 4. The third kappa shape index (κ3) is 5.03. The molecule has 1 fully saturated rings. The number of hydrogen-bond donors (Lipinski definition) is 1. The maximum absolute atomic E-state index is 13.1. The molecule has 0 saturated carbocycles. The average Bonchev–Trinajstić information content (AvgIpc) is 3.01. The largest absolute Gasteiger partial charge is 0.355 e. The van der Waals surface area contributed by atoms with Crippen molar-refractivity contribution in [2.45, 2.75) is 52.6 Å². The normalized spacial score (nSPS) is 21.1. The van der Waals surface area contributed by atoms with Crippen molar-refractivity contribution >= 4 is 23.6 Å². The molecule has 1 aliphatic heterocycles. The maximum atomic E-state index is 13.1. The second-order valence-electron chi connectivity index (χ2n) is 8.31. The molecule has 3 rings (SSSR count). The number of amides is 4. The van der Waals surface area contributed by atoms with Crippen molar-refractivity contribution in [3.8, 4) is 0 Å². The summed E-state index contributed by atoms with van der Waals surface area (Å²) in [5, 5.41) is 2.76. The van der Waals surface area contributed by atoms with Crippen molar-refractivity contribution < 1.29 is 19.2 Å². The van der Waals surface area contributed by atoms with Gasteiger partial charge < -0.3 is 10.2 Å². The summed E-state index contributed by atoms with van der Waals surface area (Å²) in [5.41, 5.74) is 2.03. The standard InChI is InChI=1S/C24H31N3O4/c1-4-25-22(29)17(3)27(15-18-11-9-16(2)10-12-18)21(28)13-14-26-23(30)19-7-5-6-8-20(19)24(26)31/h5-6,9-12,17,19-20H,4,7-8,13-15H2,1-3H3,(H,25,29)/t17-,19-,20+/m0/s1. The van der Waals surface area contributed by atoms with Gasteiger partial charge in [0.2, 0.25) is 23.6 Å². The summed E-state index contributed by atoms with van der Waals surface area (Å²) < 4.78 is 0. The van der Waals surface area contributed by atoms with Crippen molar-refractivity contribution in [1.82, 2.24) is 15.1 Å². The van der Waals surface area contributed by atoms with Crippen LogP contribution in [0.2, 0.25) is 0 Å². The van der Waals surface area contributed by atoms with Crippen LogP contribution in [0.4, 0.5) is 0 Å². The highest BCUT2D eigenvalue weighted by molar-refractivity contribution is 6.05. The first-order chi connectivity index (χ1) is 14.8. The Bertz CT molecular complexity index is 851. The third-order valence-electron chi connectivity index (χ3n) is 6.14. The van der Waals surface area contributed by atoms with Gasteiger partial charge in [0.05, 0.1) is 11.8 Å². The van der Waals surface area contributed by atoms with Gasteiger partial charge in [-0.05, 0) is 39.2 Å². The van der Waals surface area contributed by atoms with Crippen LogP contribution in [-0.2, 0) is 25.7 Å². The lowest BCUT2D eigenvalue weighted by molar-refractivity contribution is -0.143. The molecular formula is C24H31N3O4. The van der Waals surface area contributed by atoms with Gasteiger partial charge in [0, 0.05) is 26.1 Å². The van der Waals surface area contributed by atoms with Crippen LogP contribution in [0.5, 0.6) is 0 Å². The number of nitrogens with one attached hydrogen (secondary N) is 1. The van der Waals surface area contributed by atoms with Crippen LogP contribution in [0.25, 0.3) is 0 Å². The van der Waals surface area contributed by atoms with Crippen molar-refractivity contribution in [2.75, 3.05) is 13.1 Å². The predicted molar refractivity (Wildman–Crippen MR) is 117 cm³/mol. The first-order valence-corrected chi connectivity index (χ1v) is 11.0. The second kappa shape index (κ2) is 9.90. The first kappa shape index (κ1) is 22.7. The molecule has 0 bridgehead atoms. The SMILES string of the molecule is CCNC(=O)[C@H](C)N(Cc1ccc(C)cc1)C(=O)CCN1C(=O)[C@H]2CC=CC[C@H]2C1=O.